The van der Waals surface area contributed by atoms with Crippen molar-refractivity contribution in [2.75, 3.05) is 9.80 Å². The van der Waals surface area contributed by atoms with Gasteiger partial charge in [-0.1, -0.05) is 320 Å². The Balaban J connectivity index is 0.966. The van der Waals surface area contributed by atoms with Gasteiger partial charge in [-0.25, -0.2) is 0 Å². The molecule has 17 aromatic carbocycles. The molecule has 0 atom stereocenters. The van der Waals surface area contributed by atoms with E-state index in [4.69, 9.17) is 8.22 Å². The van der Waals surface area contributed by atoms with E-state index in [9.17, 15) is 24.7 Å². The molecule has 5 nitrogen and oxygen atoms in total. The minimum absolute atomic E-state index is 0.164. The molecule has 0 aliphatic carbocycles. The Kier molecular flexibility index (Phi) is 10.5. The highest BCUT2D eigenvalue weighted by atomic mass is 15.2. The normalized spacial score (nSPS) is 15.8. The van der Waals surface area contributed by atoms with Gasteiger partial charge in [0.25, 0.3) is 6.71 Å². The average Bonchev–Trinajstić information content (AvgIpc) is 1.40. The van der Waals surface area contributed by atoms with Crippen molar-refractivity contribution in [1.29, 1.82) is 0 Å². The van der Waals surface area contributed by atoms with Crippen LogP contribution < -0.4 is 26.2 Å². The molecule has 0 bridgehead atoms. The summed E-state index contributed by atoms with van der Waals surface area (Å²) in [5.41, 5.74) is 12.5. The van der Waals surface area contributed by atoms with E-state index in [2.05, 4.69) is 153 Å². The number of benzene rings is 17. The topological polar surface area (TPSA) is 20.8 Å². The molecule has 2 aliphatic heterocycles. The zero-order valence-electron chi connectivity index (χ0n) is 87.8. The largest absolute Gasteiger partial charge is 0.309 e. The van der Waals surface area contributed by atoms with Gasteiger partial charge in [0.05, 0.1) is 94.3 Å². The zero-order valence-corrected chi connectivity index (χ0v) is 63.8. The van der Waals surface area contributed by atoms with Crippen molar-refractivity contribution in [3.05, 3.63) is 387 Å². The van der Waals surface area contributed by atoms with Crippen LogP contribution in [0.2, 0.25) is 0 Å². The van der Waals surface area contributed by atoms with Gasteiger partial charge in [-0.3, -0.25) is 0 Å². The van der Waals surface area contributed by atoms with Crippen LogP contribution in [0.4, 0.5) is 34.1 Å². The number of fused-ring (bicyclic) bond motifs is 18. The van der Waals surface area contributed by atoms with Crippen LogP contribution in [0.3, 0.4) is 0 Å². The minimum Gasteiger partial charge on any atom is -0.309 e. The van der Waals surface area contributed by atoms with Crippen LogP contribution in [0.15, 0.2) is 376 Å². The second-order valence-corrected chi connectivity index (χ2v) is 32.0. The first-order valence-electron chi connectivity index (χ1n) is 50.8. The summed E-state index contributed by atoms with van der Waals surface area (Å²) in [6.45, 7) is 12.0. The van der Waals surface area contributed by atoms with E-state index < -0.39 is 185 Å². The molecule has 4 aromatic heterocycles. The third-order valence-electron chi connectivity index (χ3n) is 23.4. The number of hydrogen-bond donors (Lipinski definition) is 0. The molecule has 2 aliphatic rings. The fourth-order valence-electron chi connectivity index (χ4n) is 18.2. The van der Waals surface area contributed by atoms with Crippen molar-refractivity contribution in [3.63, 3.8) is 0 Å². The van der Waals surface area contributed by atoms with E-state index >= 15 is 0 Å². The molecule has 6 heteroatoms. The maximum absolute atomic E-state index is 10.5. The van der Waals surface area contributed by atoms with Crippen LogP contribution in [0.1, 0.15) is 85.6 Å². The summed E-state index contributed by atoms with van der Waals surface area (Å²) >= 11 is 0. The highest BCUT2D eigenvalue weighted by Gasteiger charge is 2.49. The highest BCUT2D eigenvalue weighted by molar-refractivity contribution is 7.01. The van der Waals surface area contributed by atoms with Gasteiger partial charge in [-0.05, 0) is 180 Å². The molecule has 23 rings (SSSR count). The van der Waals surface area contributed by atoms with Gasteiger partial charge in [0.1, 0.15) is 0 Å². The van der Waals surface area contributed by atoms with Gasteiger partial charge in [0.15, 0.2) is 0 Å². The Labute approximate surface area is 709 Å². The van der Waals surface area contributed by atoms with E-state index in [0.717, 1.165) is 99.2 Å². The van der Waals surface area contributed by atoms with Gasteiger partial charge < -0.3 is 23.3 Å². The number of para-hydroxylation sites is 4. The molecule has 0 saturated carbocycles. The maximum atomic E-state index is 10.5. The van der Waals surface area contributed by atoms with Crippen molar-refractivity contribution >= 4 is 139 Å². The van der Waals surface area contributed by atoms with Gasteiger partial charge >= 0.3 is 0 Å². The average molecular weight is 1510 g/mol. The second-order valence-electron chi connectivity index (χ2n) is 32.0. The summed E-state index contributed by atoms with van der Waals surface area (Å²) in [5.74, 6) is 0. The highest BCUT2D eigenvalue weighted by Crippen LogP contribution is 2.60. The van der Waals surface area contributed by atoms with E-state index in [0.29, 0.717) is 45.0 Å². The predicted octanol–water partition coefficient (Wildman–Crippen LogP) is 27.7. The zero-order chi connectivity index (χ0) is 98.3. The van der Waals surface area contributed by atoms with Crippen LogP contribution in [-0.4, -0.2) is 20.2 Å². The molecule has 0 amide bonds. The molecule has 0 unspecified atom stereocenters. The molecule has 6 heterocycles. The third kappa shape index (κ3) is 10.2. The predicted molar refractivity (Wildman–Crippen MR) is 494 cm³/mol. The minimum atomic E-state index is -0.998. The van der Waals surface area contributed by atoms with Crippen LogP contribution >= 0.6 is 0 Å². The fourth-order valence-corrected chi connectivity index (χ4v) is 18.2. The van der Waals surface area contributed by atoms with E-state index in [1.54, 1.807) is 12.1 Å². The summed E-state index contributed by atoms with van der Waals surface area (Å²) in [5, 5.41) is 2.22. The maximum Gasteiger partial charge on any atom is 0.252 e. The summed E-state index contributed by atoms with van der Waals surface area (Å²) < 4.78 is 236. The van der Waals surface area contributed by atoms with Gasteiger partial charge in [0, 0.05) is 88.1 Å². The Morgan fingerprint density at radius 2 is 0.621 bits per heavy atom. The van der Waals surface area contributed by atoms with Gasteiger partial charge in [0.2, 0.25) is 0 Å². The number of hydrogen-bond acceptors (Lipinski definition) is 2. The number of rotatable bonds is 10. The van der Waals surface area contributed by atoms with Crippen molar-refractivity contribution in [3.8, 4) is 78.1 Å². The lowest BCUT2D eigenvalue weighted by atomic mass is 9.33. The summed E-state index contributed by atoms with van der Waals surface area (Å²) in [6, 6.07) is 60.6. The molecule has 548 valence electrons. The lowest BCUT2D eigenvalue weighted by Crippen LogP contribution is -2.61. The van der Waals surface area contributed by atoms with Crippen LogP contribution in [-0.2, 0) is 10.8 Å². The van der Waals surface area contributed by atoms with Crippen molar-refractivity contribution < 1.29 is 32.9 Å². The summed E-state index contributed by atoms with van der Waals surface area (Å²) in [6.07, 6.45) is 0. The van der Waals surface area contributed by atoms with Crippen molar-refractivity contribution in [1.82, 2.24) is 13.5 Å². The Hall–Kier alpha value is -14.2. The quantitative estimate of drug-likeness (QED) is 0.127. The second kappa shape index (κ2) is 25.7. The van der Waals surface area contributed by atoms with Crippen molar-refractivity contribution in [2.24, 2.45) is 0 Å². The lowest BCUT2D eigenvalue weighted by Gasteiger charge is -2.46. The SMILES string of the molecule is [2H]c1c([2H])c([2H])c(-c2c([2H])c([2H])c3c(c2[2H])c2c([2H])c([2H])c([2H])c([2H])c2n3-c2ccc3c(c2)N(c2c(-c4ccccc4)cc(C(C)(C)C)cc2-c2ccccc2)c2c4c(c5c6ccccc6n6c7ccccc7c2c56)N(c2c(-c5ccccc5)cc(C(C)(C)C)cc2-c2ccccc2)c2cc(-n5c6c([2H])c([2H])c([2H])c([2H])c6c6c([2H])c(-c7c([2H])c([2H])c([2H])c([2H])c7[2H])c([2H])c([2H])c65)ccc2B34)c([2H])c1[2H]. The molecule has 0 fully saturated rings. The monoisotopic (exact) mass is 1510 g/mol. The Morgan fingerprint density at radius 1 is 0.276 bits per heavy atom. The summed E-state index contributed by atoms with van der Waals surface area (Å²) in [7, 11) is 0. The Bertz CT molecular complexity index is 8450. The molecule has 0 saturated heterocycles. The van der Waals surface area contributed by atoms with Crippen LogP contribution in [0, 0.1) is 0 Å². The first-order chi connectivity index (χ1) is 66.9. The van der Waals surface area contributed by atoms with Gasteiger partial charge in [-0.15, -0.1) is 0 Å². The first-order valence-corrected chi connectivity index (χ1v) is 38.8. The molecular formula is C110H80BN5. The lowest BCUT2D eigenvalue weighted by molar-refractivity contribution is 0.590. The molecule has 0 N–H and O–H groups in total. The standard InChI is InChI=1S/C110H80BN5/c1-109(2,3)77-63-85(71-37-17-9-18-38-71)104(86(64-77)72-39-19-10-20-40-72)115-99-67-79(112-93-49-29-25-45-81(93)89-61-75(53-59-97(89)112)69-33-13-7-14-34-69)55-57-91(99)111-92-58-56-80(113-94-50-30-26-46-82(94)90-62-76(54-60-98(90)113)70-35-15-8-16-36-70)68-100(92)116(105-87(73-41-21-11-22-42-73)65-78(110(4,5)6)66-88(105)74-43-23-12-24-44-74)108-102-84-48-28-32-52-96(84)114-95-51-31-27-47-83(95)101(106(102)114)107(115)103(108)111/h7-68H,1-6H3/i7D,8D,13D,14D,15D,16D,25D,26D,29D,30D,33D,34D,35D,36D,45D,46D,49D,50D,53D,54D,59D,60D,61D,62D. The molecule has 21 aromatic rings. The molecule has 116 heavy (non-hydrogen) atoms. The van der Waals surface area contributed by atoms with E-state index in [1.807, 2.05) is 121 Å². The fraction of sp³-hybridized carbons (Fsp3) is 0.0727. The third-order valence-corrected chi connectivity index (χ3v) is 23.4. The molecule has 0 radical (unpaired) electrons. The molecule has 0 spiro atoms. The van der Waals surface area contributed by atoms with E-state index in [1.165, 1.54) is 9.13 Å². The first kappa shape index (κ1) is 47.4. The van der Waals surface area contributed by atoms with Crippen molar-refractivity contribution in [2.45, 2.75) is 52.4 Å². The van der Waals surface area contributed by atoms with E-state index in [-0.39, 0.29) is 55.0 Å². The molecular weight excluding hydrogens is 1400 g/mol. The summed E-state index contributed by atoms with van der Waals surface area (Å²) in [4.78, 5) is 4.68. The number of nitrogens with zero attached hydrogens (tertiary/aromatic N) is 5. The number of aromatic nitrogens is 3. The van der Waals surface area contributed by atoms with Crippen LogP contribution in [0.25, 0.3) is 160 Å². The smallest absolute Gasteiger partial charge is 0.252 e. The Morgan fingerprint density at radius 3 is 1.00 bits per heavy atom. The number of anilines is 6. The van der Waals surface area contributed by atoms with Gasteiger partial charge in [-0.2, -0.15) is 0 Å². The van der Waals surface area contributed by atoms with Crippen LogP contribution in [0.5, 0.6) is 0 Å².